The Morgan fingerprint density at radius 3 is 2.08 bits per heavy atom. The Kier molecular flexibility index (Phi) is 2.07. The number of carbonyl (C=O) groups is 1. The molecule has 0 fully saturated rings. The molecule has 0 aliphatic heterocycles. The normalized spacial score (nSPS) is 32.8. The van der Waals surface area contributed by atoms with Crippen molar-refractivity contribution in [2.24, 2.45) is 0 Å². The van der Waals surface area contributed by atoms with Crippen molar-refractivity contribution in [2.45, 2.75) is 18.3 Å². The summed E-state index contributed by atoms with van der Waals surface area (Å²) in [6.45, 7) is 1.46. The summed E-state index contributed by atoms with van der Waals surface area (Å²) in [7, 11) is 2.64. The topological polar surface area (TPSA) is 55.8 Å². The first-order valence-electron chi connectivity index (χ1n) is 3.56. The number of hydrogen-bond donors (Lipinski definition) is 1. The summed E-state index contributed by atoms with van der Waals surface area (Å²) >= 11 is 0. The van der Waals surface area contributed by atoms with Crippen molar-refractivity contribution >= 4 is 5.78 Å². The van der Waals surface area contributed by atoms with Crippen LogP contribution in [0.2, 0.25) is 0 Å². The van der Waals surface area contributed by atoms with Crippen molar-refractivity contribution in [1.82, 2.24) is 0 Å². The Hall–Kier alpha value is -0.710. The molecule has 4 heteroatoms. The van der Waals surface area contributed by atoms with Gasteiger partial charge < -0.3 is 14.6 Å². The highest BCUT2D eigenvalue weighted by atomic mass is 16.7. The predicted octanol–water partition coefficient (Wildman–Crippen LogP) is -0.135. The van der Waals surface area contributed by atoms with Crippen LogP contribution >= 0.6 is 0 Å². The molecule has 1 aliphatic carbocycles. The van der Waals surface area contributed by atoms with Crippen molar-refractivity contribution in [2.75, 3.05) is 14.2 Å². The number of ether oxygens (including phenoxy) is 2. The van der Waals surface area contributed by atoms with E-state index in [0.717, 1.165) is 0 Å². The van der Waals surface area contributed by atoms with E-state index in [2.05, 4.69) is 0 Å². The highest BCUT2D eigenvalue weighted by molar-refractivity contribution is 6.00. The molecular formula is C8H12O4. The monoisotopic (exact) mass is 172 g/mol. The van der Waals surface area contributed by atoms with E-state index >= 15 is 0 Å². The highest BCUT2D eigenvalue weighted by Gasteiger charge is 2.56. The lowest BCUT2D eigenvalue weighted by atomic mass is 9.98. The van der Waals surface area contributed by atoms with E-state index in [1.54, 1.807) is 0 Å². The molecule has 4 nitrogen and oxygen atoms in total. The van der Waals surface area contributed by atoms with Crippen molar-refractivity contribution in [3.05, 3.63) is 12.2 Å². The van der Waals surface area contributed by atoms with Gasteiger partial charge in [0.25, 0.3) is 5.79 Å². The van der Waals surface area contributed by atoms with E-state index in [1.807, 2.05) is 0 Å². The van der Waals surface area contributed by atoms with E-state index in [4.69, 9.17) is 9.47 Å². The Balaban J connectivity index is 3.09. The number of aliphatic hydroxyl groups is 1. The van der Waals surface area contributed by atoms with Gasteiger partial charge in [0, 0.05) is 14.2 Å². The van der Waals surface area contributed by atoms with Gasteiger partial charge >= 0.3 is 0 Å². The third-order valence-corrected chi connectivity index (χ3v) is 2.12. The van der Waals surface area contributed by atoms with E-state index in [0.29, 0.717) is 0 Å². The largest absolute Gasteiger partial charge is 0.380 e. The van der Waals surface area contributed by atoms with Gasteiger partial charge in [0.2, 0.25) is 5.78 Å². The molecule has 12 heavy (non-hydrogen) atoms. The molecule has 0 spiro atoms. The minimum absolute atomic E-state index is 0.377. The average Bonchev–Trinajstić information content (AvgIpc) is 2.24. The molecule has 1 unspecified atom stereocenters. The zero-order valence-electron chi connectivity index (χ0n) is 7.33. The molecule has 0 radical (unpaired) electrons. The maximum atomic E-state index is 11.3. The first kappa shape index (κ1) is 9.38. The number of rotatable bonds is 2. The van der Waals surface area contributed by atoms with Gasteiger partial charge in [-0.3, -0.25) is 4.79 Å². The van der Waals surface area contributed by atoms with Crippen LogP contribution in [0.1, 0.15) is 6.92 Å². The van der Waals surface area contributed by atoms with Crippen LogP contribution < -0.4 is 0 Å². The zero-order valence-corrected chi connectivity index (χ0v) is 7.33. The fraction of sp³-hybridized carbons (Fsp3) is 0.625. The number of hydrogen-bond acceptors (Lipinski definition) is 4. The molecular weight excluding hydrogens is 160 g/mol. The average molecular weight is 172 g/mol. The molecule has 0 aromatic rings. The molecule has 0 aromatic heterocycles. The molecule has 0 aromatic carbocycles. The molecule has 1 atom stereocenters. The molecule has 1 aliphatic rings. The second-order valence-electron chi connectivity index (χ2n) is 2.87. The summed E-state index contributed by atoms with van der Waals surface area (Å²) in [5.41, 5.74) is -1.40. The van der Waals surface area contributed by atoms with Crippen LogP contribution in [0.25, 0.3) is 0 Å². The van der Waals surface area contributed by atoms with Crippen molar-refractivity contribution in [1.29, 1.82) is 0 Å². The molecule has 0 bridgehead atoms. The quantitative estimate of drug-likeness (QED) is 0.589. The number of carbonyl (C=O) groups excluding carboxylic acids is 1. The third-order valence-electron chi connectivity index (χ3n) is 2.12. The van der Waals surface area contributed by atoms with E-state index in [1.165, 1.54) is 33.3 Å². The summed E-state index contributed by atoms with van der Waals surface area (Å²) < 4.78 is 9.78. The summed E-state index contributed by atoms with van der Waals surface area (Å²) in [6.07, 6.45) is 2.62. The van der Waals surface area contributed by atoms with Crippen LogP contribution in [-0.2, 0) is 14.3 Å². The van der Waals surface area contributed by atoms with Gasteiger partial charge in [-0.05, 0) is 19.1 Å². The first-order valence-corrected chi connectivity index (χ1v) is 3.56. The fourth-order valence-electron chi connectivity index (χ4n) is 1.40. The Bertz CT molecular complexity index is 225. The van der Waals surface area contributed by atoms with Crippen LogP contribution in [0.15, 0.2) is 12.2 Å². The lowest BCUT2D eigenvalue weighted by Crippen LogP contribution is -2.55. The fourth-order valence-corrected chi connectivity index (χ4v) is 1.40. The van der Waals surface area contributed by atoms with Crippen molar-refractivity contribution in [3.8, 4) is 0 Å². The second-order valence-corrected chi connectivity index (χ2v) is 2.87. The van der Waals surface area contributed by atoms with Crippen molar-refractivity contribution < 1.29 is 19.4 Å². The SMILES string of the molecule is COC1(OC)C(=O)C=CC1(C)O. The predicted molar refractivity (Wildman–Crippen MR) is 41.5 cm³/mol. The van der Waals surface area contributed by atoms with Gasteiger partial charge in [-0.2, -0.15) is 0 Å². The Morgan fingerprint density at radius 2 is 1.92 bits per heavy atom. The van der Waals surface area contributed by atoms with Gasteiger partial charge in [-0.1, -0.05) is 0 Å². The lowest BCUT2D eigenvalue weighted by molar-refractivity contribution is -0.256. The van der Waals surface area contributed by atoms with Gasteiger partial charge in [-0.15, -0.1) is 0 Å². The first-order chi connectivity index (χ1) is 5.50. The van der Waals surface area contributed by atoms with Crippen LogP contribution in [0, 0.1) is 0 Å². The molecule has 1 rings (SSSR count). The summed E-state index contributed by atoms with van der Waals surface area (Å²) in [5.74, 6) is -1.94. The van der Waals surface area contributed by atoms with Gasteiger partial charge in [0.15, 0.2) is 0 Å². The standard InChI is InChI=1S/C8H12O4/c1-7(10)5-4-6(9)8(7,11-2)12-3/h4-5,10H,1-3H3. The van der Waals surface area contributed by atoms with Crippen LogP contribution in [0.5, 0.6) is 0 Å². The molecule has 0 saturated heterocycles. The van der Waals surface area contributed by atoms with Crippen molar-refractivity contribution in [3.63, 3.8) is 0 Å². The molecule has 0 heterocycles. The molecule has 0 amide bonds. The number of ketones is 1. The van der Waals surface area contributed by atoms with Gasteiger partial charge in [0.05, 0.1) is 0 Å². The minimum Gasteiger partial charge on any atom is -0.380 e. The third kappa shape index (κ3) is 0.924. The maximum absolute atomic E-state index is 11.3. The Labute approximate surface area is 70.8 Å². The maximum Gasteiger partial charge on any atom is 0.265 e. The van der Waals surface area contributed by atoms with Gasteiger partial charge in [0.1, 0.15) is 5.60 Å². The highest BCUT2D eigenvalue weighted by Crippen LogP contribution is 2.34. The zero-order chi connectivity index (χ0) is 9.41. The van der Waals surface area contributed by atoms with E-state index < -0.39 is 11.4 Å². The summed E-state index contributed by atoms with van der Waals surface area (Å²) in [4.78, 5) is 11.3. The summed E-state index contributed by atoms with van der Waals surface area (Å²) in [6, 6.07) is 0. The van der Waals surface area contributed by atoms with Crippen LogP contribution in [0.3, 0.4) is 0 Å². The lowest BCUT2D eigenvalue weighted by Gasteiger charge is -2.34. The minimum atomic E-state index is -1.56. The summed E-state index contributed by atoms with van der Waals surface area (Å²) in [5, 5.41) is 9.72. The van der Waals surface area contributed by atoms with Crippen LogP contribution in [-0.4, -0.2) is 36.5 Å². The molecule has 68 valence electrons. The molecule has 0 saturated carbocycles. The van der Waals surface area contributed by atoms with Crippen LogP contribution in [0.4, 0.5) is 0 Å². The van der Waals surface area contributed by atoms with E-state index in [-0.39, 0.29) is 5.78 Å². The second kappa shape index (κ2) is 2.65. The van der Waals surface area contributed by atoms with Gasteiger partial charge in [-0.25, -0.2) is 0 Å². The number of methoxy groups -OCH3 is 2. The van der Waals surface area contributed by atoms with E-state index in [9.17, 15) is 9.90 Å². The Morgan fingerprint density at radius 1 is 1.42 bits per heavy atom. The molecule has 1 N–H and O–H groups in total. The smallest absolute Gasteiger partial charge is 0.265 e.